The zero-order valence-electron chi connectivity index (χ0n) is 20.7. The molecule has 1 amide bonds. The molecule has 1 aromatic heterocycles. The molecule has 0 saturated carbocycles. The lowest BCUT2D eigenvalue weighted by Crippen LogP contribution is -2.29. The molecule has 5 rings (SSSR count). The van der Waals surface area contributed by atoms with Gasteiger partial charge in [-0.25, -0.2) is 0 Å². The Bertz CT molecular complexity index is 1500. The number of carbonyl (C=O) groups is 2. The molecule has 1 atom stereocenters. The number of pyridine rings is 1. The number of likely N-dealkylation sites (tertiary alicyclic amines) is 1. The number of aliphatic hydroxyl groups is 1. The molecule has 1 aliphatic heterocycles. The van der Waals surface area contributed by atoms with Gasteiger partial charge in [-0.15, -0.1) is 0 Å². The van der Waals surface area contributed by atoms with Gasteiger partial charge in [-0.05, 0) is 71.6 Å². The highest BCUT2D eigenvalue weighted by Crippen LogP contribution is 2.40. The third-order valence-electron chi connectivity index (χ3n) is 6.58. The average molecular weight is 525 g/mol. The van der Waals surface area contributed by atoms with Gasteiger partial charge in [-0.1, -0.05) is 54.1 Å². The smallest absolute Gasteiger partial charge is 0.295 e. The lowest BCUT2D eigenvalue weighted by atomic mass is 9.95. The number of aliphatic hydroxyl groups excluding tert-OH is 1. The van der Waals surface area contributed by atoms with Crippen molar-refractivity contribution in [3.63, 3.8) is 0 Å². The van der Waals surface area contributed by atoms with Crippen LogP contribution in [0.15, 0.2) is 103 Å². The minimum absolute atomic E-state index is 0.0230. The molecule has 1 unspecified atom stereocenters. The first-order valence-electron chi connectivity index (χ1n) is 12.1. The summed E-state index contributed by atoms with van der Waals surface area (Å²) in [5.74, 6) is -1.06. The van der Waals surface area contributed by atoms with E-state index in [1.54, 1.807) is 67.0 Å². The number of amides is 1. The summed E-state index contributed by atoms with van der Waals surface area (Å²) in [5.41, 5.74) is 4.08. The molecule has 1 aliphatic rings. The van der Waals surface area contributed by atoms with Gasteiger partial charge in [-0.2, -0.15) is 0 Å². The number of rotatable bonds is 7. The van der Waals surface area contributed by atoms with Gasteiger partial charge >= 0.3 is 0 Å². The lowest BCUT2D eigenvalue weighted by Gasteiger charge is -2.25. The molecule has 1 saturated heterocycles. The second-order valence-corrected chi connectivity index (χ2v) is 9.52. The minimum atomic E-state index is -0.788. The van der Waals surface area contributed by atoms with E-state index >= 15 is 0 Å². The number of aromatic nitrogens is 1. The van der Waals surface area contributed by atoms with Crippen LogP contribution in [0.5, 0.6) is 5.75 Å². The van der Waals surface area contributed by atoms with Crippen molar-refractivity contribution in [3.8, 4) is 5.75 Å². The molecule has 0 bridgehead atoms. The van der Waals surface area contributed by atoms with Crippen LogP contribution in [0.3, 0.4) is 0 Å². The molecular formula is C31H25ClN2O4. The van der Waals surface area contributed by atoms with E-state index in [0.717, 1.165) is 16.7 Å². The van der Waals surface area contributed by atoms with E-state index in [4.69, 9.17) is 16.3 Å². The summed E-state index contributed by atoms with van der Waals surface area (Å²) in [5, 5.41) is 11.8. The highest BCUT2D eigenvalue weighted by atomic mass is 35.5. The highest BCUT2D eigenvalue weighted by Gasteiger charge is 2.46. The van der Waals surface area contributed by atoms with Crippen LogP contribution in [0.1, 0.15) is 33.9 Å². The summed E-state index contributed by atoms with van der Waals surface area (Å²) in [6.07, 6.45) is 3.29. The number of Topliss-reactive ketones (excluding diaryl/α,β-unsaturated/α-hetero) is 1. The maximum atomic E-state index is 13.3. The van der Waals surface area contributed by atoms with Gasteiger partial charge in [0.15, 0.2) is 0 Å². The van der Waals surface area contributed by atoms with Gasteiger partial charge in [0.25, 0.3) is 11.7 Å². The van der Waals surface area contributed by atoms with E-state index in [1.165, 1.54) is 4.90 Å². The largest absolute Gasteiger partial charge is 0.507 e. The molecule has 0 radical (unpaired) electrons. The fraction of sp³-hybridized carbons (Fsp3) is 0.129. The second kappa shape index (κ2) is 10.9. The number of ketones is 1. The number of hydrogen-bond donors (Lipinski definition) is 1. The first kappa shape index (κ1) is 25.2. The Morgan fingerprint density at radius 3 is 2.39 bits per heavy atom. The van der Waals surface area contributed by atoms with Gasteiger partial charge in [0.2, 0.25) is 0 Å². The zero-order valence-corrected chi connectivity index (χ0v) is 21.4. The van der Waals surface area contributed by atoms with E-state index < -0.39 is 17.7 Å². The average Bonchev–Trinajstić information content (AvgIpc) is 3.18. The topological polar surface area (TPSA) is 79.7 Å². The summed E-state index contributed by atoms with van der Waals surface area (Å²) in [4.78, 5) is 32.0. The van der Waals surface area contributed by atoms with E-state index in [-0.39, 0.29) is 17.9 Å². The molecule has 38 heavy (non-hydrogen) atoms. The van der Waals surface area contributed by atoms with Crippen molar-refractivity contribution in [2.24, 2.45) is 0 Å². The Balaban J connectivity index is 1.47. The maximum Gasteiger partial charge on any atom is 0.295 e. The Morgan fingerprint density at radius 1 is 0.974 bits per heavy atom. The monoisotopic (exact) mass is 524 g/mol. The fourth-order valence-corrected chi connectivity index (χ4v) is 4.65. The van der Waals surface area contributed by atoms with Crippen molar-refractivity contribution in [1.82, 2.24) is 9.88 Å². The normalized spacial score (nSPS) is 16.6. The van der Waals surface area contributed by atoms with E-state index in [2.05, 4.69) is 4.98 Å². The van der Waals surface area contributed by atoms with Crippen molar-refractivity contribution < 1.29 is 19.4 Å². The van der Waals surface area contributed by atoms with Crippen molar-refractivity contribution >= 4 is 29.1 Å². The maximum absolute atomic E-state index is 13.3. The number of nitrogens with zero attached hydrogens (tertiary/aromatic N) is 2. The van der Waals surface area contributed by atoms with Crippen molar-refractivity contribution in [2.45, 2.75) is 26.1 Å². The summed E-state index contributed by atoms with van der Waals surface area (Å²) in [6, 6.07) is 24.5. The fourth-order valence-electron chi connectivity index (χ4n) is 4.52. The van der Waals surface area contributed by atoms with Crippen LogP contribution in [-0.2, 0) is 22.7 Å². The summed E-state index contributed by atoms with van der Waals surface area (Å²) in [6.45, 7) is 2.60. The van der Waals surface area contributed by atoms with Crippen LogP contribution in [0.25, 0.3) is 5.76 Å². The van der Waals surface area contributed by atoms with Crippen LogP contribution >= 0.6 is 11.6 Å². The van der Waals surface area contributed by atoms with E-state index in [9.17, 15) is 14.7 Å². The van der Waals surface area contributed by atoms with Crippen LogP contribution in [0.4, 0.5) is 0 Å². The number of halogens is 1. The van der Waals surface area contributed by atoms with Crippen LogP contribution in [-0.4, -0.2) is 26.7 Å². The molecular weight excluding hydrogens is 500 g/mol. The highest BCUT2D eigenvalue weighted by molar-refractivity contribution is 6.46. The van der Waals surface area contributed by atoms with E-state index in [1.807, 2.05) is 37.3 Å². The lowest BCUT2D eigenvalue weighted by molar-refractivity contribution is -0.140. The first-order valence-corrected chi connectivity index (χ1v) is 12.5. The molecule has 6 nitrogen and oxygen atoms in total. The second-order valence-electron chi connectivity index (χ2n) is 9.08. The standard InChI is InChI=1S/C31H25ClN2O4/c1-20-5-2-3-7-24(20)19-38-26-14-10-23(11-15-26)29(35)27-28(22-8-12-25(32)13-9-22)34(31(37)30(27)36)18-21-6-4-16-33-17-21/h2-17,28,35H,18-19H2,1H3/b29-27+. The third kappa shape index (κ3) is 5.17. The minimum Gasteiger partial charge on any atom is -0.507 e. The molecule has 1 N–H and O–H groups in total. The molecule has 7 heteroatoms. The number of benzene rings is 3. The molecule has 4 aromatic rings. The van der Waals surface area contributed by atoms with Crippen molar-refractivity contribution in [2.75, 3.05) is 0 Å². The predicted octanol–water partition coefficient (Wildman–Crippen LogP) is 6.24. The number of aryl methyl sites for hydroxylation is 1. The zero-order chi connectivity index (χ0) is 26.6. The predicted molar refractivity (Wildman–Crippen MR) is 145 cm³/mol. The number of carbonyl (C=O) groups excluding carboxylic acids is 2. The first-order chi connectivity index (χ1) is 18.4. The molecule has 0 aliphatic carbocycles. The Morgan fingerprint density at radius 2 is 1.71 bits per heavy atom. The SMILES string of the molecule is Cc1ccccc1COc1ccc(/C(O)=C2\C(=O)C(=O)N(Cc3cccnc3)C2c2ccc(Cl)cc2)cc1. The van der Waals surface area contributed by atoms with Crippen molar-refractivity contribution in [1.29, 1.82) is 0 Å². The molecule has 190 valence electrons. The molecule has 1 fully saturated rings. The third-order valence-corrected chi connectivity index (χ3v) is 6.84. The summed E-state index contributed by atoms with van der Waals surface area (Å²) < 4.78 is 5.91. The summed E-state index contributed by atoms with van der Waals surface area (Å²) in [7, 11) is 0. The van der Waals surface area contributed by atoms with Gasteiger partial charge in [0.05, 0.1) is 11.6 Å². The van der Waals surface area contributed by atoms with Gasteiger partial charge in [-0.3, -0.25) is 14.6 Å². The Kier molecular flexibility index (Phi) is 7.24. The molecule has 0 spiro atoms. The van der Waals surface area contributed by atoms with Crippen LogP contribution in [0, 0.1) is 6.92 Å². The number of ether oxygens (including phenoxy) is 1. The number of hydrogen-bond acceptors (Lipinski definition) is 5. The Labute approximate surface area is 225 Å². The Hall–Kier alpha value is -4.42. The van der Waals surface area contributed by atoms with Gasteiger partial charge in [0, 0.05) is 29.5 Å². The van der Waals surface area contributed by atoms with Gasteiger partial charge < -0.3 is 14.7 Å². The molecule has 2 heterocycles. The quantitative estimate of drug-likeness (QED) is 0.176. The summed E-state index contributed by atoms with van der Waals surface area (Å²) >= 11 is 6.10. The van der Waals surface area contributed by atoms with E-state index in [0.29, 0.717) is 28.5 Å². The van der Waals surface area contributed by atoms with Crippen LogP contribution in [0.2, 0.25) is 5.02 Å². The van der Waals surface area contributed by atoms with Crippen molar-refractivity contribution in [3.05, 3.63) is 136 Å². The van der Waals surface area contributed by atoms with Gasteiger partial charge in [0.1, 0.15) is 18.1 Å². The molecule has 3 aromatic carbocycles. The van der Waals surface area contributed by atoms with Crippen LogP contribution < -0.4 is 4.74 Å².